The van der Waals surface area contributed by atoms with Crippen LogP contribution in [0.15, 0.2) is 42.7 Å². The van der Waals surface area contributed by atoms with Gasteiger partial charge in [0.1, 0.15) is 5.82 Å². The van der Waals surface area contributed by atoms with Gasteiger partial charge in [-0.3, -0.25) is 0 Å². The van der Waals surface area contributed by atoms with Crippen LogP contribution in [0.3, 0.4) is 0 Å². The molecule has 1 aliphatic heterocycles. The third-order valence-corrected chi connectivity index (χ3v) is 7.74. The van der Waals surface area contributed by atoms with Crippen LogP contribution in [0, 0.1) is 6.92 Å². The van der Waals surface area contributed by atoms with Crippen molar-refractivity contribution in [3.8, 4) is 11.4 Å². The lowest BCUT2D eigenvalue weighted by Crippen LogP contribution is -2.49. The Morgan fingerprint density at radius 3 is 2.41 bits per heavy atom. The number of imidazole rings is 1. The Morgan fingerprint density at radius 1 is 1.06 bits per heavy atom. The molecule has 34 heavy (non-hydrogen) atoms. The van der Waals surface area contributed by atoms with Crippen LogP contribution in [0.4, 0.5) is 17.3 Å². The smallest absolute Gasteiger partial charge is 0.227 e. The first-order valence-electron chi connectivity index (χ1n) is 11.4. The van der Waals surface area contributed by atoms with Crippen molar-refractivity contribution in [2.24, 2.45) is 0 Å². The van der Waals surface area contributed by atoms with E-state index < -0.39 is 10.0 Å². The van der Waals surface area contributed by atoms with E-state index in [0.717, 1.165) is 28.6 Å². The van der Waals surface area contributed by atoms with Crippen LogP contribution in [0.1, 0.15) is 25.7 Å². The van der Waals surface area contributed by atoms with Gasteiger partial charge >= 0.3 is 0 Å². The number of benzene rings is 1. The minimum atomic E-state index is -3.38. The third-order valence-electron chi connectivity index (χ3n) is 5.89. The summed E-state index contributed by atoms with van der Waals surface area (Å²) in [5, 5.41) is 12.2. The van der Waals surface area contributed by atoms with Crippen molar-refractivity contribution in [2.75, 3.05) is 48.8 Å². The summed E-state index contributed by atoms with van der Waals surface area (Å²) in [5.74, 6) is 1.22. The van der Waals surface area contributed by atoms with E-state index in [4.69, 9.17) is 5.11 Å². The summed E-state index contributed by atoms with van der Waals surface area (Å²) < 4.78 is 27.9. The quantitative estimate of drug-likeness (QED) is 0.500. The maximum absolute atomic E-state index is 12.1. The molecule has 2 aromatic heterocycles. The van der Waals surface area contributed by atoms with Gasteiger partial charge < -0.3 is 19.9 Å². The van der Waals surface area contributed by atoms with Crippen LogP contribution in [0.5, 0.6) is 0 Å². The van der Waals surface area contributed by atoms with E-state index >= 15 is 0 Å². The minimum Gasteiger partial charge on any atom is -0.395 e. The third kappa shape index (κ3) is 5.21. The van der Waals surface area contributed by atoms with E-state index in [9.17, 15) is 8.42 Å². The van der Waals surface area contributed by atoms with Crippen LogP contribution >= 0.6 is 0 Å². The molecule has 0 bridgehead atoms. The average Bonchev–Trinajstić information content (AvgIpc) is 3.22. The van der Waals surface area contributed by atoms with Crippen molar-refractivity contribution in [2.45, 2.75) is 26.8 Å². The van der Waals surface area contributed by atoms with Gasteiger partial charge in [-0.15, -0.1) is 0 Å². The predicted molar refractivity (Wildman–Crippen MR) is 133 cm³/mol. The zero-order chi connectivity index (χ0) is 24.3. The lowest BCUT2D eigenvalue weighted by molar-refractivity contribution is 0.312. The monoisotopic (exact) mass is 485 g/mol. The van der Waals surface area contributed by atoms with Crippen molar-refractivity contribution in [3.05, 3.63) is 48.5 Å². The van der Waals surface area contributed by atoms with Crippen molar-refractivity contribution in [3.63, 3.8) is 0 Å². The Balaban J connectivity index is 1.42. The summed E-state index contributed by atoms with van der Waals surface area (Å²) in [6, 6.07) is 10.1. The first-order chi connectivity index (χ1) is 16.3. The lowest BCUT2D eigenvalue weighted by Gasteiger charge is -2.35. The summed E-state index contributed by atoms with van der Waals surface area (Å²) in [6.07, 6.45) is 3.57. The topological polar surface area (TPSA) is 116 Å². The summed E-state index contributed by atoms with van der Waals surface area (Å²) in [5.41, 5.74) is 3.64. The summed E-state index contributed by atoms with van der Waals surface area (Å²) in [6.45, 7) is 7.90. The molecule has 0 atom stereocenters. The fraction of sp³-hybridized carbons (Fsp3) is 0.435. The van der Waals surface area contributed by atoms with Gasteiger partial charge in [-0.25, -0.2) is 23.4 Å². The number of aliphatic hydroxyl groups excluding tert-OH is 1. The fourth-order valence-electron chi connectivity index (χ4n) is 4.21. The number of piperazine rings is 1. The molecule has 1 aliphatic rings. The highest BCUT2D eigenvalue weighted by Gasteiger charge is 2.26. The van der Waals surface area contributed by atoms with Gasteiger partial charge in [-0.1, -0.05) is 0 Å². The van der Waals surface area contributed by atoms with Crippen LogP contribution < -0.4 is 10.2 Å². The van der Waals surface area contributed by atoms with Gasteiger partial charge in [0, 0.05) is 49.8 Å². The van der Waals surface area contributed by atoms with E-state index in [1.807, 2.05) is 43.5 Å². The molecule has 1 aromatic carbocycles. The Hall–Kier alpha value is -3.02. The Morgan fingerprint density at radius 2 is 1.76 bits per heavy atom. The van der Waals surface area contributed by atoms with Crippen LogP contribution in [0.25, 0.3) is 11.4 Å². The fourth-order valence-corrected chi connectivity index (χ4v) is 5.42. The number of aliphatic hydroxyl groups is 1. The molecule has 0 spiro atoms. The number of nitrogens with one attached hydrogen (secondary N) is 1. The number of aromatic nitrogens is 4. The van der Waals surface area contributed by atoms with Gasteiger partial charge in [0.05, 0.1) is 29.9 Å². The average molecular weight is 486 g/mol. The first-order valence-corrected chi connectivity index (χ1v) is 13.0. The van der Waals surface area contributed by atoms with Crippen molar-refractivity contribution in [1.82, 2.24) is 23.8 Å². The molecular weight excluding hydrogens is 454 g/mol. The molecule has 0 saturated carbocycles. The Bertz CT molecular complexity index is 1220. The van der Waals surface area contributed by atoms with Gasteiger partial charge in [0.25, 0.3) is 0 Å². The molecule has 11 heteroatoms. The highest BCUT2D eigenvalue weighted by atomic mass is 32.2. The standard InChI is InChI=1S/C23H31N7O3S/c1-17(2)30-18(3)25-16-22(30)21-8-9-24-23(27-21)26-19-4-6-20(7-5-19)28-10-12-29(13-11-28)34(32,33)15-14-31/h4-9,16-17,31H,10-15H2,1-3H3,(H,24,26,27). The number of hydrogen-bond donors (Lipinski definition) is 2. The SMILES string of the molecule is Cc1ncc(-c2ccnc(Nc3ccc(N4CCN(S(=O)(=O)CCO)CC4)cc3)n2)n1C(C)C. The molecule has 182 valence electrons. The lowest BCUT2D eigenvalue weighted by atomic mass is 10.2. The highest BCUT2D eigenvalue weighted by molar-refractivity contribution is 7.89. The number of aryl methyl sites for hydroxylation is 1. The molecule has 1 fully saturated rings. The summed E-state index contributed by atoms with van der Waals surface area (Å²) in [7, 11) is -3.38. The number of hydrogen-bond acceptors (Lipinski definition) is 8. The van der Waals surface area contributed by atoms with Crippen LogP contribution in [-0.2, 0) is 10.0 Å². The maximum atomic E-state index is 12.1. The van der Waals surface area contributed by atoms with Gasteiger partial charge in [0.15, 0.2) is 0 Å². The molecule has 2 N–H and O–H groups in total. The van der Waals surface area contributed by atoms with Crippen LogP contribution in [-0.4, -0.2) is 75.9 Å². The van der Waals surface area contributed by atoms with E-state index in [0.29, 0.717) is 32.1 Å². The van der Waals surface area contributed by atoms with Crippen LogP contribution in [0.2, 0.25) is 0 Å². The Labute approximate surface area is 200 Å². The van der Waals surface area contributed by atoms with E-state index in [2.05, 4.69) is 43.6 Å². The van der Waals surface area contributed by atoms with E-state index in [1.165, 1.54) is 4.31 Å². The normalized spacial score (nSPS) is 15.1. The second kappa shape index (κ2) is 10.1. The summed E-state index contributed by atoms with van der Waals surface area (Å²) in [4.78, 5) is 15.6. The molecule has 0 unspecified atom stereocenters. The predicted octanol–water partition coefficient (Wildman–Crippen LogP) is 2.42. The molecule has 1 saturated heterocycles. The second-order valence-electron chi connectivity index (χ2n) is 8.52. The number of nitrogens with zero attached hydrogens (tertiary/aromatic N) is 6. The zero-order valence-corrected chi connectivity index (χ0v) is 20.5. The number of anilines is 3. The molecule has 10 nitrogen and oxygen atoms in total. The molecule has 3 heterocycles. The van der Waals surface area contributed by atoms with Gasteiger partial charge in [-0.05, 0) is 51.1 Å². The second-order valence-corrected chi connectivity index (χ2v) is 10.6. The molecule has 0 amide bonds. The molecule has 0 aliphatic carbocycles. The van der Waals surface area contributed by atoms with E-state index in [1.54, 1.807) is 6.20 Å². The first kappa shape index (κ1) is 24.1. The largest absolute Gasteiger partial charge is 0.395 e. The minimum absolute atomic E-state index is 0.226. The molecule has 3 aromatic rings. The Kier molecular flexibility index (Phi) is 7.15. The van der Waals surface area contributed by atoms with Gasteiger partial charge in [0.2, 0.25) is 16.0 Å². The molecular formula is C23H31N7O3S. The van der Waals surface area contributed by atoms with Gasteiger partial charge in [-0.2, -0.15) is 4.31 Å². The summed E-state index contributed by atoms with van der Waals surface area (Å²) >= 11 is 0. The van der Waals surface area contributed by atoms with Crippen molar-refractivity contribution in [1.29, 1.82) is 0 Å². The zero-order valence-electron chi connectivity index (χ0n) is 19.7. The van der Waals surface area contributed by atoms with Crippen molar-refractivity contribution < 1.29 is 13.5 Å². The molecule has 0 radical (unpaired) electrons. The highest BCUT2D eigenvalue weighted by Crippen LogP contribution is 2.25. The number of rotatable bonds is 8. The van der Waals surface area contributed by atoms with E-state index in [-0.39, 0.29) is 18.4 Å². The molecule has 4 rings (SSSR count). The maximum Gasteiger partial charge on any atom is 0.227 e. The van der Waals surface area contributed by atoms with Crippen molar-refractivity contribution >= 4 is 27.3 Å². The number of sulfonamides is 1.